The molecule has 0 bridgehead atoms. The molecule has 0 atom stereocenters. The zero-order valence-corrected chi connectivity index (χ0v) is 23.7. The third kappa shape index (κ3) is 6.84. The normalized spacial score (nSPS) is 17.8. The lowest BCUT2D eigenvalue weighted by molar-refractivity contribution is -0.137. The molecule has 3 heterocycles. The van der Waals surface area contributed by atoms with Crippen LogP contribution >= 0.6 is 0 Å². The summed E-state index contributed by atoms with van der Waals surface area (Å²) >= 11 is 0. The molecule has 0 aliphatic carbocycles. The van der Waals surface area contributed by atoms with Crippen LogP contribution in [0.15, 0.2) is 42.5 Å². The number of ether oxygens (including phenoxy) is 1. The number of likely N-dealkylation sites (tertiary alicyclic amines) is 2. The standard InChI is InChI=1S/C32H38F3N3O3/c1-21(2)20-41-25-9-10-26-28(18-25)36-30(22-7-6-8-23(17-22)32(33,34)35)27(29(26)31(39)40)19-37-15-11-24(12-16-37)38-13-4-3-5-14-38/h6-10,17-18,21,24H,3-5,11-16,19-20H2,1-2H3,(H,39,40). The first-order chi connectivity index (χ1) is 19.6. The van der Waals surface area contributed by atoms with E-state index in [1.54, 1.807) is 24.3 Å². The summed E-state index contributed by atoms with van der Waals surface area (Å²) in [6.07, 6.45) is 1.19. The Morgan fingerprint density at radius 3 is 2.44 bits per heavy atom. The van der Waals surface area contributed by atoms with Crippen molar-refractivity contribution in [3.05, 3.63) is 59.2 Å². The Kier molecular flexibility index (Phi) is 8.85. The number of fused-ring (bicyclic) bond motifs is 1. The number of nitrogens with zero attached hydrogens (tertiary/aromatic N) is 3. The maximum absolute atomic E-state index is 13.7. The molecule has 0 saturated carbocycles. The molecule has 220 valence electrons. The quantitative estimate of drug-likeness (QED) is 0.312. The number of pyridine rings is 1. The van der Waals surface area contributed by atoms with Crippen LogP contribution in [-0.2, 0) is 12.7 Å². The van der Waals surface area contributed by atoms with Crippen molar-refractivity contribution in [3.8, 4) is 17.0 Å². The molecule has 0 spiro atoms. The predicted molar refractivity (Wildman–Crippen MR) is 153 cm³/mol. The third-order valence-corrected chi connectivity index (χ3v) is 8.16. The van der Waals surface area contributed by atoms with E-state index in [1.165, 1.54) is 25.3 Å². The number of hydrogen-bond acceptors (Lipinski definition) is 5. The van der Waals surface area contributed by atoms with E-state index in [0.29, 0.717) is 41.4 Å². The van der Waals surface area contributed by atoms with Crippen molar-refractivity contribution in [1.82, 2.24) is 14.8 Å². The largest absolute Gasteiger partial charge is 0.493 e. The van der Waals surface area contributed by atoms with Gasteiger partial charge in [0.2, 0.25) is 0 Å². The molecule has 41 heavy (non-hydrogen) atoms. The highest BCUT2D eigenvalue weighted by atomic mass is 19.4. The van der Waals surface area contributed by atoms with Crippen molar-refractivity contribution in [3.63, 3.8) is 0 Å². The topological polar surface area (TPSA) is 65.9 Å². The Morgan fingerprint density at radius 2 is 1.78 bits per heavy atom. The van der Waals surface area contributed by atoms with Gasteiger partial charge in [0.15, 0.2) is 0 Å². The monoisotopic (exact) mass is 569 g/mol. The first-order valence-corrected chi connectivity index (χ1v) is 14.6. The summed E-state index contributed by atoms with van der Waals surface area (Å²) in [5, 5.41) is 10.9. The van der Waals surface area contributed by atoms with E-state index < -0.39 is 17.7 Å². The van der Waals surface area contributed by atoms with E-state index in [0.717, 1.165) is 51.2 Å². The zero-order valence-electron chi connectivity index (χ0n) is 23.7. The molecular weight excluding hydrogens is 531 g/mol. The number of hydrogen-bond donors (Lipinski definition) is 1. The van der Waals surface area contributed by atoms with Crippen LogP contribution in [-0.4, -0.2) is 64.7 Å². The van der Waals surface area contributed by atoms with E-state index in [4.69, 9.17) is 9.72 Å². The molecule has 2 aliphatic rings. The fourth-order valence-corrected chi connectivity index (χ4v) is 6.07. The number of carbonyl (C=O) groups is 1. The molecule has 9 heteroatoms. The van der Waals surface area contributed by atoms with E-state index in [-0.39, 0.29) is 22.7 Å². The lowest BCUT2D eigenvalue weighted by Gasteiger charge is -2.40. The fourth-order valence-electron chi connectivity index (χ4n) is 6.07. The molecule has 2 fully saturated rings. The van der Waals surface area contributed by atoms with Crippen molar-refractivity contribution < 1.29 is 27.8 Å². The van der Waals surface area contributed by atoms with Crippen molar-refractivity contribution in [2.75, 3.05) is 32.8 Å². The molecule has 1 aromatic heterocycles. The summed E-state index contributed by atoms with van der Waals surface area (Å²) < 4.78 is 46.8. The highest BCUT2D eigenvalue weighted by Gasteiger charge is 2.32. The number of halogens is 3. The predicted octanol–water partition coefficient (Wildman–Crippen LogP) is 7.10. The Labute approximate surface area is 239 Å². The minimum absolute atomic E-state index is 0.0796. The lowest BCUT2D eigenvalue weighted by Crippen LogP contribution is -2.46. The van der Waals surface area contributed by atoms with Gasteiger partial charge in [-0.2, -0.15) is 13.2 Å². The van der Waals surface area contributed by atoms with Gasteiger partial charge in [0.05, 0.1) is 28.9 Å². The summed E-state index contributed by atoms with van der Waals surface area (Å²) in [6, 6.07) is 10.6. The van der Waals surface area contributed by atoms with Crippen molar-refractivity contribution in [2.45, 2.75) is 64.7 Å². The molecule has 5 rings (SSSR count). The number of aromatic nitrogens is 1. The van der Waals surface area contributed by atoms with Crippen molar-refractivity contribution >= 4 is 16.9 Å². The van der Waals surface area contributed by atoms with Crippen LogP contribution in [0.3, 0.4) is 0 Å². The van der Waals surface area contributed by atoms with Gasteiger partial charge >= 0.3 is 12.1 Å². The van der Waals surface area contributed by atoms with Gasteiger partial charge in [-0.1, -0.05) is 32.4 Å². The second-order valence-corrected chi connectivity index (χ2v) is 11.7. The maximum atomic E-state index is 13.7. The van der Waals surface area contributed by atoms with Crippen LogP contribution in [0.4, 0.5) is 13.2 Å². The number of rotatable bonds is 8. The molecule has 6 nitrogen and oxygen atoms in total. The Bertz CT molecular complexity index is 1380. The van der Waals surface area contributed by atoms with Crippen LogP contribution in [0, 0.1) is 5.92 Å². The van der Waals surface area contributed by atoms with Crippen LogP contribution in [0.25, 0.3) is 22.2 Å². The average molecular weight is 570 g/mol. The van der Waals surface area contributed by atoms with Gasteiger partial charge in [0, 0.05) is 35.2 Å². The van der Waals surface area contributed by atoms with Crippen molar-refractivity contribution in [1.29, 1.82) is 0 Å². The first kappa shape index (κ1) is 29.3. The number of alkyl halides is 3. The van der Waals surface area contributed by atoms with Crippen LogP contribution < -0.4 is 4.74 Å². The molecule has 3 aromatic rings. The molecule has 0 radical (unpaired) electrons. The number of piperidine rings is 2. The maximum Gasteiger partial charge on any atom is 0.416 e. The van der Waals surface area contributed by atoms with E-state index in [1.807, 2.05) is 13.8 Å². The lowest BCUT2D eigenvalue weighted by atomic mass is 9.94. The second-order valence-electron chi connectivity index (χ2n) is 11.7. The van der Waals surface area contributed by atoms with Crippen molar-refractivity contribution in [2.24, 2.45) is 5.92 Å². The second kappa shape index (κ2) is 12.4. The summed E-state index contributed by atoms with van der Waals surface area (Å²) in [6.45, 7) is 8.67. The fraction of sp³-hybridized carbons (Fsp3) is 0.500. The number of carboxylic acids is 1. The minimum atomic E-state index is -4.53. The highest BCUT2D eigenvalue weighted by Crippen LogP contribution is 2.37. The Hall–Kier alpha value is -3.17. The molecule has 2 aromatic carbocycles. The number of benzene rings is 2. The molecular formula is C32H38F3N3O3. The average Bonchev–Trinajstić information content (AvgIpc) is 2.96. The van der Waals surface area contributed by atoms with E-state index in [2.05, 4.69) is 9.80 Å². The summed E-state index contributed by atoms with van der Waals surface area (Å²) in [5.41, 5.74) is 0.614. The van der Waals surface area contributed by atoms with Crippen LogP contribution in [0.1, 0.15) is 67.4 Å². The SMILES string of the molecule is CC(C)COc1ccc2c(C(=O)O)c(CN3CCC(N4CCCCC4)CC3)c(-c3cccc(C(F)(F)F)c3)nc2c1. The molecule has 2 saturated heterocycles. The minimum Gasteiger partial charge on any atom is -0.493 e. The molecule has 0 amide bonds. The Morgan fingerprint density at radius 1 is 1.05 bits per heavy atom. The highest BCUT2D eigenvalue weighted by molar-refractivity contribution is 6.06. The summed E-state index contributed by atoms with van der Waals surface area (Å²) in [5.74, 6) is -0.299. The third-order valence-electron chi connectivity index (χ3n) is 8.16. The summed E-state index contributed by atoms with van der Waals surface area (Å²) in [7, 11) is 0. The molecule has 1 N–H and O–H groups in total. The van der Waals surface area contributed by atoms with Gasteiger partial charge in [0.1, 0.15) is 5.75 Å². The van der Waals surface area contributed by atoms with Gasteiger partial charge in [-0.15, -0.1) is 0 Å². The Balaban J connectivity index is 1.55. The van der Waals surface area contributed by atoms with E-state index in [9.17, 15) is 23.1 Å². The first-order valence-electron chi connectivity index (χ1n) is 14.6. The number of carboxylic acid groups (broad SMARTS) is 1. The van der Waals surface area contributed by atoms with Gasteiger partial charge in [-0.05, 0) is 82.0 Å². The van der Waals surface area contributed by atoms with Crippen LogP contribution in [0.2, 0.25) is 0 Å². The van der Waals surface area contributed by atoms with Gasteiger partial charge in [-0.3, -0.25) is 4.90 Å². The van der Waals surface area contributed by atoms with Gasteiger partial charge in [-0.25, -0.2) is 9.78 Å². The van der Waals surface area contributed by atoms with Gasteiger partial charge in [0.25, 0.3) is 0 Å². The van der Waals surface area contributed by atoms with Crippen LogP contribution in [0.5, 0.6) is 5.75 Å². The summed E-state index contributed by atoms with van der Waals surface area (Å²) in [4.78, 5) is 22.4. The van der Waals surface area contributed by atoms with Gasteiger partial charge < -0.3 is 14.7 Å². The molecule has 2 aliphatic heterocycles. The zero-order chi connectivity index (χ0) is 29.1. The van der Waals surface area contributed by atoms with E-state index >= 15 is 0 Å². The smallest absolute Gasteiger partial charge is 0.416 e. The number of aromatic carboxylic acids is 1. The molecule has 0 unspecified atom stereocenters.